The van der Waals surface area contributed by atoms with Gasteiger partial charge in [-0.1, -0.05) is 49.7 Å². The number of amides is 1. The van der Waals surface area contributed by atoms with Crippen LogP contribution in [0.2, 0.25) is 0 Å². The van der Waals surface area contributed by atoms with Crippen LogP contribution in [0.1, 0.15) is 46.6 Å². The predicted octanol–water partition coefficient (Wildman–Crippen LogP) is 6.47. The largest absolute Gasteiger partial charge is 0.444 e. The first-order chi connectivity index (χ1) is 15.5. The number of nitro benzene ring substituents is 1. The van der Waals surface area contributed by atoms with E-state index >= 15 is 0 Å². The second-order valence-electron chi connectivity index (χ2n) is 9.06. The Balaban J connectivity index is 0.000000657. The summed E-state index contributed by atoms with van der Waals surface area (Å²) in [6.07, 6.45) is 0.377. The summed E-state index contributed by atoms with van der Waals surface area (Å²) in [5.41, 5.74) is 0.910. The van der Waals surface area contributed by atoms with Gasteiger partial charge >= 0.3 is 6.09 Å². The molecular formula is C25H37N3O4S. The summed E-state index contributed by atoms with van der Waals surface area (Å²) >= 11 is 1.57. The molecule has 0 fully saturated rings. The van der Waals surface area contributed by atoms with Crippen LogP contribution in [0.3, 0.4) is 0 Å². The molecule has 0 aliphatic heterocycles. The molecule has 33 heavy (non-hydrogen) atoms. The fraction of sp³-hybridized carbons (Fsp3) is 0.480. The molecule has 2 aromatic rings. The Kier molecular flexibility index (Phi) is 12.5. The highest BCUT2D eigenvalue weighted by atomic mass is 32.2. The lowest BCUT2D eigenvalue weighted by Gasteiger charge is -2.23. The molecule has 182 valence electrons. The van der Waals surface area contributed by atoms with Gasteiger partial charge in [0.1, 0.15) is 5.60 Å². The third-order valence-corrected chi connectivity index (χ3v) is 5.12. The van der Waals surface area contributed by atoms with Gasteiger partial charge in [0, 0.05) is 36.7 Å². The van der Waals surface area contributed by atoms with E-state index in [1.54, 1.807) is 24.1 Å². The standard InChI is InChI=1S/C18H29N3O4S.C7H8/c1-14(2)13-20(12-6-11-19-17(22)25-18(3,4)5)26-16-9-7-15(8-10-16)21(23)24;1-7-5-3-2-4-6-7/h7-10,14H,6,11-13H2,1-5H3,(H,19,22);2-6H,1H3. The summed E-state index contributed by atoms with van der Waals surface area (Å²) in [6.45, 7) is 14.1. The van der Waals surface area contributed by atoms with E-state index in [0.29, 0.717) is 12.5 Å². The highest BCUT2D eigenvalue weighted by Crippen LogP contribution is 2.25. The molecule has 2 aromatic carbocycles. The number of hydrogen-bond donors (Lipinski definition) is 1. The Bertz CT molecular complexity index is 837. The van der Waals surface area contributed by atoms with E-state index in [2.05, 4.69) is 42.5 Å². The highest BCUT2D eigenvalue weighted by molar-refractivity contribution is 7.97. The van der Waals surface area contributed by atoms with E-state index in [-0.39, 0.29) is 5.69 Å². The molecule has 1 amide bonds. The van der Waals surface area contributed by atoms with Gasteiger partial charge in [0.15, 0.2) is 0 Å². The van der Waals surface area contributed by atoms with Gasteiger partial charge in [0.25, 0.3) is 5.69 Å². The molecule has 1 N–H and O–H groups in total. The Morgan fingerprint density at radius 3 is 2.18 bits per heavy atom. The molecule has 0 aliphatic rings. The average molecular weight is 476 g/mol. The molecule has 2 rings (SSSR count). The first-order valence-corrected chi connectivity index (χ1v) is 11.9. The van der Waals surface area contributed by atoms with Crippen molar-refractivity contribution >= 4 is 23.7 Å². The Morgan fingerprint density at radius 2 is 1.73 bits per heavy atom. The SMILES string of the molecule is CC(C)CN(CCCNC(=O)OC(C)(C)C)Sc1ccc([N+](=O)[O-])cc1.Cc1ccccc1. The smallest absolute Gasteiger partial charge is 0.407 e. The van der Waals surface area contributed by atoms with Crippen LogP contribution in [0, 0.1) is 23.0 Å². The van der Waals surface area contributed by atoms with E-state index in [9.17, 15) is 14.9 Å². The number of nitrogens with zero attached hydrogens (tertiary/aromatic N) is 2. The molecule has 0 heterocycles. The summed E-state index contributed by atoms with van der Waals surface area (Å²) in [7, 11) is 0. The van der Waals surface area contributed by atoms with Crippen molar-refractivity contribution in [3.63, 3.8) is 0 Å². The molecule has 7 nitrogen and oxygen atoms in total. The number of non-ortho nitro benzene ring substituents is 1. The zero-order valence-electron chi connectivity index (χ0n) is 20.5. The van der Waals surface area contributed by atoms with Gasteiger partial charge in [-0.15, -0.1) is 0 Å². The number of carbonyl (C=O) groups is 1. The van der Waals surface area contributed by atoms with Crippen molar-refractivity contribution in [1.29, 1.82) is 0 Å². The van der Waals surface area contributed by atoms with Crippen molar-refractivity contribution in [3.05, 3.63) is 70.3 Å². The van der Waals surface area contributed by atoms with Crippen molar-refractivity contribution in [3.8, 4) is 0 Å². The van der Waals surface area contributed by atoms with Crippen LogP contribution in [0.4, 0.5) is 10.5 Å². The Hall–Kier alpha value is -2.58. The lowest BCUT2D eigenvalue weighted by Crippen LogP contribution is -2.34. The van der Waals surface area contributed by atoms with Gasteiger partial charge < -0.3 is 10.1 Å². The van der Waals surface area contributed by atoms with Gasteiger partial charge in [-0.05, 0) is 64.1 Å². The number of aryl methyl sites for hydroxylation is 1. The topological polar surface area (TPSA) is 84.7 Å². The second kappa shape index (κ2) is 14.5. The normalized spacial score (nSPS) is 11.0. The van der Waals surface area contributed by atoms with Crippen LogP contribution < -0.4 is 5.32 Å². The number of alkyl carbamates (subject to hydrolysis) is 1. The van der Waals surface area contributed by atoms with Crippen molar-refractivity contribution in [1.82, 2.24) is 9.62 Å². The van der Waals surface area contributed by atoms with Crippen LogP contribution in [0.5, 0.6) is 0 Å². The van der Waals surface area contributed by atoms with Gasteiger partial charge in [-0.25, -0.2) is 9.10 Å². The molecule has 0 unspecified atom stereocenters. The quantitative estimate of drug-likeness (QED) is 0.194. The number of rotatable bonds is 9. The van der Waals surface area contributed by atoms with Crippen molar-refractivity contribution in [2.24, 2.45) is 5.92 Å². The van der Waals surface area contributed by atoms with E-state index in [1.165, 1.54) is 17.7 Å². The molecule has 0 aromatic heterocycles. The van der Waals surface area contributed by atoms with Crippen LogP contribution in [0.15, 0.2) is 59.5 Å². The Labute approximate surface area is 202 Å². The molecule has 0 bridgehead atoms. The average Bonchev–Trinajstić information content (AvgIpc) is 2.71. The number of nitrogens with one attached hydrogen (secondary N) is 1. The summed E-state index contributed by atoms with van der Waals surface area (Å²) in [6, 6.07) is 16.8. The van der Waals surface area contributed by atoms with Crippen LogP contribution >= 0.6 is 11.9 Å². The van der Waals surface area contributed by atoms with Gasteiger partial charge in [0.05, 0.1) is 4.92 Å². The van der Waals surface area contributed by atoms with Crippen molar-refractivity contribution < 1.29 is 14.5 Å². The van der Waals surface area contributed by atoms with Crippen LogP contribution in [-0.2, 0) is 4.74 Å². The van der Waals surface area contributed by atoms with E-state index < -0.39 is 16.6 Å². The lowest BCUT2D eigenvalue weighted by molar-refractivity contribution is -0.384. The number of hydrogen-bond acceptors (Lipinski definition) is 6. The summed E-state index contributed by atoms with van der Waals surface area (Å²) < 4.78 is 7.42. The van der Waals surface area contributed by atoms with E-state index in [0.717, 1.165) is 24.4 Å². The minimum Gasteiger partial charge on any atom is -0.444 e. The van der Waals surface area contributed by atoms with Crippen molar-refractivity contribution in [2.45, 2.75) is 58.5 Å². The van der Waals surface area contributed by atoms with Crippen molar-refractivity contribution in [2.75, 3.05) is 19.6 Å². The number of nitro groups is 1. The molecule has 0 saturated carbocycles. The third kappa shape index (κ3) is 14.2. The molecule has 0 spiro atoms. The molecule has 0 aliphatic carbocycles. The van der Waals surface area contributed by atoms with Gasteiger partial charge in [-0.2, -0.15) is 0 Å². The third-order valence-electron chi connectivity index (χ3n) is 4.04. The summed E-state index contributed by atoms with van der Waals surface area (Å²) in [5, 5.41) is 13.5. The zero-order chi connectivity index (χ0) is 24.9. The number of ether oxygens (including phenoxy) is 1. The predicted molar refractivity (Wildman–Crippen MR) is 135 cm³/mol. The van der Waals surface area contributed by atoms with Crippen LogP contribution in [0.25, 0.3) is 0 Å². The lowest BCUT2D eigenvalue weighted by atomic mass is 10.2. The maximum atomic E-state index is 11.7. The van der Waals surface area contributed by atoms with E-state index in [4.69, 9.17) is 4.74 Å². The highest BCUT2D eigenvalue weighted by Gasteiger charge is 2.16. The molecule has 8 heteroatoms. The molecular weight excluding hydrogens is 438 g/mol. The number of carbonyl (C=O) groups excluding carboxylic acids is 1. The fourth-order valence-corrected chi connectivity index (χ4v) is 3.80. The van der Waals surface area contributed by atoms with Gasteiger partial charge in [-0.3, -0.25) is 10.1 Å². The zero-order valence-corrected chi connectivity index (χ0v) is 21.4. The summed E-state index contributed by atoms with van der Waals surface area (Å²) in [4.78, 5) is 22.9. The molecule has 0 saturated heterocycles. The molecule has 0 radical (unpaired) electrons. The monoisotopic (exact) mass is 475 g/mol. The number of benzene rings is 2. The maximum absolute atomic E-state index is 11.7. The van der Waals surface area contributed by atoms with Crippen LogP contribution in [-0.4, -0.2) is 40.6 Å². The first kappa shape index (κ1) is 28.5. The second-order valence-corrected chi connectivity index (χ2v) is 10.2. The minimum atomic E-state index is -0.500. The fourth-order valence-electron chi connectivity index (χ4n) is 2.65. The molecule has 0 atom stereocenters. The first-order valence-electron chi connectivity index (χ1n) is 11.1. The minimum absolute atomic E-state index is 0.0892. The van der Waals surface area contributed by atoms with Gasteiger partial charge in [0.2, 0.25) is 0 Å². The maximum Gasteiger partial charge on any atom is 0.407 e. The van der Waals surface area contributed by atoms with E-state index in [1.807, 2.05) is 39.0 Å². The Morgan fingerprint density at radius 1 is 1.12 bits per heavy atom. The summed E-state index contributed by atoms with van der Waals surface area (Å²) in [5.74, 6) is 0.486.